The van der Waals surface area contributed by atoms with E-state index >= 15 is 0 Å². The topological polar surface area (TPSA) is 147 Å². The first kappa shape index (κ1) is 29.8. The van der Waals surface area contributed by atoms with E-state index in [1.165, 1.54) is 0 Å². The minimum Gasteiger partial charge on any atom is -0.496 e. The molecular formula is C25H39N5O5. The third-order valence-corrected chi connectivity index (χ3v) is 5.75. The summed E-state index contributed by atoms with van der Waals surface area (Å²) in [6.45, 7) is 6.34. The molecule has 1 aromatic heterocycles. The number of aldehydes is 2. The maximum Gasteiger partial charge on any atom is 0.240 e. The molecule has 1 aliphatic rings. The summed E-state index contributed by atoms with van der Waals surface area (Å²) in [5.41, 5.74) is 6.33. The van der Waals surface area contributed by atoms with Crippen molar-refractivity contribution in [3.05, 3.63) is 30.0 Å². The fourth-order valence-corrected chi connectivity index (χ4v) is 4.03. The van der Waals surface area contributed by atoms with Gasteiger partial charge in [0.05, 0.1) is 24.9 Å². The second-order valence-electron chi connectivity index (χ2n) is 8.30. The first-order valence-electron chi connectivity index (χ1n) is 11.7. The van der Waals surface area contributed by atoms with Crippen LogP contribution in [0, 0.1) is 5.92 Å². The van der Waals surface area contributed by atoms with E-state index in [0.717, 1.165) is 35.8 Å². The van der Waals surface area contributed by atoms with Crippen LogP contribution in [0.15, 0.2) is 24.3 Å². The number of ether oxygens (including phenoxy) is 1. The van der Waals surface area contributed by atoms with Crippen LogP contribution < -0.4 is 21.1 Å². The van der Waals surface area contributed by atoms with E-state index in [9.17, 15) is 19.2 Å². The molecule has 0 bridgehead atoms. The summed E-state index contributed by atoms with van der Waals surface area (Å²) in [5.74, 6) is 0.309. The zero-order valence-electron chi connectivity index (χ0n) is 21.5. The number of hydrogen-bond donors (Lipinski definition) is 4. The molecule has 1 fully saturated rings. The Morgan fingerprint density at radius 1 is 1.34 bits per heavy atom. The average molecular weight is 490 g/mol. The molecule has 2 amide bonds. The smallest absolute Gasteiger partial charge is 0.240 e. The molecule has 1 aromatic carbocycles. The summed E-state index contributed by atoms with van der Waals surface area (Å²) in [6.07, 6.45) is 2.61. The highest BCUT2D eigenvalue weighted by Gasteiger charge is 2.40. The van der Waals surface area contributed by atoms with Gasteiger partial charge in [0, 0.05) is 29.9 Å². The fraction of sp³-hybridized carbons (Fsp3) is 0.520. The van der Waals surface area contributed by atoms with E-state index in [-0.39, 0.29) is 29.8 Å². The second kappa shape index (κ2) is 14.9. The number of nitrogens with two attached hydrogens (primary N) is 1. The molecule has 1 aliphatic heterocycles. The number of aromatic nitrogens is 1. The normalized spacial score (nSPS) is 18.5. The maximum absolute atomic E-state index is 12.2. The highest BCUT2D eigenvalue weighted by Crippen LogP contribution is 2.25. The van der Waals surface area contributed by atoms with Crippen LogP contribution in [-0.4, -0.2) is 80.1 Å². The standard InChI is InChI=1S/C13H23N3O3.C10H9NO2.C2H7N/c1-8(12(18)15-4)5-10(7-17)16-9(2)6-11(14-3)13(16)19;1-13-10-4-2-3-9-8(10)5-7(6-12)11-9;1-2-3/h7-11,14H,5-6H2,1-4H3,(H,15,18);2-6,11H,1H3;2-3H2,1H3/t8-,9?,10?,11-;;/m0../s1. The lowest BCUT2D eigenvalue weighted by Crippen LogP contribution is -2.46. The molecular weight excluding hydrogens is 450 g/mol. The average Bonchev–Trinajstić information content (AvgIpc) is 3.42. The van der Waals surface area contributed by atoms with Crippen molar-refractivity contribution in [2.75, 3.05) is 27.7 Å². The van der Waals surface area contributed by atoms with Gasteiger partial charge < -0.3 is 35.8 Å². The second-order valence-corrected chi connectivity index (χ2v) is 8.30. The van der Waals surface area contributed by atoms with Crippen LogP contribution in [0.5, 0.6) is 5.75 Å². The van der Waals surface area contributed by atoms with Crippen LogP contribution >= 0.6 is 0 Å². The van der Waals surface area contributed by atoms with Crippen LogP contribution in [0.25, 0.3) is 10.9 Å². The number of likely N-dealkylation sites (tertiary alicyclic amines) is 1. The molecule has 35 heavy (non-hydrogen) atoms. The lowest BCUT2D eigenvalue weighted by Gasteiger charge is -2.29. The van der Waals surface area contributed by atoms with Crippen molar-refractivity contribution in [2.24, 2.45) is 11.7 Å². The molecule has 0 spiro atoms. The lowest BCUT2D eigenvalue weighted by atomic mass is 10.00. The number of carbonyl (C=O) groups excluding carboxylic acids is 4. The minimum absolute atomic E-state index is 0.0111. The number of benzene rings is 1. The van der Waals surface area contributed by atoms with Crippen molar-refractivity contribution >= 4 is 35.3 Å². The number of hydrogen-bond acceptors (Lipinski definition) is 7. The summed E-state index contributed by atoms with van der Waals surface area (Å²) >= 11 is 0. The van der Waals surface area contributed by atoms with Crippen molar-refractivity contribution in [2.45, 2.75) is 51.7 Å². The SMILES string of the molecule is CCN.CNC(=O)[C@@H](C)CC(C=O)N1C(=O)[C@@H](NC)CC1C.COc1cccc2[nH]c(C=O)cc12. The van der Waals surface area contributed by atoms with Crippen LogP contribution in [-0.2, 0) is 14.4 Å². The van der Waals surface area contributed by atoms with Crippen LogP contribution in [0.3, 0.4) is 0 Å². The summed E-state index contributed by atoms with van der Waals surface area (Å²) in [5, 5.41) is 6.45. The predicted molar refractivity (Wildman–Crippen MR) is 136 cm³/mol. The molecule has 0 saturated carbocycles. The van der Waals surface area contributed by atoms with Gasteiger partial charge in [0.25, 0.3) is 0 Å². The van der Waals surface area contributed by atoms with E-state index in [4.69, 9.17) is 10.5 Å². The minimum atomic E-state index is -0.534. The van der Waals surface area contributed by atoms with E-state index in [1.807, 2.05) is 32.0 Å². The van der Waals surface area contributed by atoms with Crippen molar-refractivity contribution in [1.82, 2.24) is 20.5 Å². The van der Waals surface area contributed by atoms with Gasteiger partial charge in [0.1, 0.15) is 12.0 Å². The highest BCUT2D eigenvalue weighted by molar-refractivity contribution is 5.92. The number of amides is 2. The van der Waals surface area contributed by atoms with Gasteiger partial charge in [-0.3, -0.25) is 14.4 Å². The number of H-pyrrole nitrogens is 1. The maximum atomic E-state index is 12.2. The number of aromatic amines is 1. The number of likely N-dealkylation sites (N-methyl/N-ethyl adjacent to an activating group) is 1. The highest BCUT2D eigenvalue weighted by atomic mass is 16.5. The molecule has 10 heteroatoms. The largest absolute Gasteiger partial charge is 0.496 e. The Labute approximate surface area is 206 Å². The number of rotatable bonds is 8. The Bertz CT molecular complexity index is 976. The van der Waals surface area contributed by atoms with Gasteiger partial charge in [0.15, 0.2) is 6.29 Å². The quantitative estimate of drug-likeness (QED) is 0.411. The lowest BCUT2D eigenvalue weighted by molar-refractivity contribution is -0.137. The molecule has 5 N–H and O–H groups in total. The Morgan fingerprint density at radius 3 is 2.49 bits per heavy atom. The Balaban J connectivity index is 0.000000330. The van der Waals surface area contributed by atoms with Gasteiger partial charge in [-0.1, -0.05) is 19.9 Å². The van der Waals surface area contributed by atoms with Crippen molar-refractivity contribution < 1.29 is 23.9 Å². The van der Waals surface area contributed by atoms with E-state index in [1.54, 1.807) is 39.1 Å². The number of nitrogens with zero attached hydrogens (tertiary/aromatic N) is 1. The van der Waals surface area contributed by atoms with E-state index < -0.39 is 6.04 Å². The van der Waals surface area contributed by atoms with Gasteiger partial charge >= 0.3 is 0 Å². The zero-order chi connectivity index (χ0) is 26.5. The first-order chi connectivity index (χ1) is 16.7. The summed E-state index contributed by atoms with van der Waals surface area (Å²) in [6, 6.07) is 6.68. The molecule has 0 aliphatic carbocycles. The van der Waals surface area contributed by atoms with Crippen molar-refractivity contribution in [1.29, 1.82) is 0 Å². The fourth-order valence-electron chi connectivity index (χ4n) is 4.03. The first-order valence-corrected chi connectivity index (χ1v) is 11.7. The van der Waals surface area contributed by atoms with E-state index in [2.05, 4.69) is 15.6 Å². The molecule has 10 nitrogen and oxygen atoms in total. The van der Waals surface area contributed by atoms with Gasteiger partial charge in [-0.25, -0.2) is 0 Å². The Morgan fingerprint density at radius 2 is 2.00 bits per heavy atom. The number of fused-ring (bicyclic) bond motifs is 1. The van der Waals surface area contributed by atoms with Gasteiger partial charge in [-0.05, 0) is 51.6 Å². The molecule has 4 atom stereocenters. The predicted octanol–water partition coefficient (Wildman–Crippen LogP) is 1.49. The molecule has 2 unspecified atom stereocenters. The number of methoxy groups -OCH3 is 1. The third-order valence-electron chi connectivity index (χ3n) is 5.75. The number of carbonyl (C=O) groups is 4. The van der Waals surface area contributed by atoms with E-state index in [0.29, 0.717) is 18.5 Å². The van der Waals surface area contributed by atoms with Crippen molar-refractivity contribution in [3.63, 3.8) is 0 Å². The van der Waals surface area contributed by atoms with Crippen molar-refractivity contribution in [3.8, 4) is 5.75 Å². The van der Waals surface area contributed by atoms with Gasteiger partial charge in [-0.2, -0.15) is 0 Å². The molecule has 2 heterocycles. The third kappa shape index (κ3) is 7.90. The van der Waals surface area contributed by atoms with Crippen LogP contribution in [0.4, 0.5) is 0 Å². The Hall–Kier alpha value is -3.24. The molecule has 3 rings (SSSR count). The summed E-state index contributed by atoms with van der Waals surface area (Å²) < 4.78 is 5.15. The zero-order valence-corrected chi connectivity index (χ0v) is 21.5. The van der Waals surface area contributed by atoms with Crippen LogP contribution in [0.1, 0.15) is 44.1 Å². The Kier molecular flexibility index (Phi) is 12.7. The van der Waals surface area contributed by atoms with Gasteiger partial charge in [0.2, 0.25) is 11.8 Å². The molecule has 0 radical (unpaired) electrons. The molecule has 1 saturated heterocycles. The van der Waals surface area contributed by atoms with Gasteiger partial charge in [-0.15, -0.1) is 0 Å². The molecule has 194 valence electrons. The summed E-state index contributed by atoms with van der Waals surface area (Å²) in [7, 11) is 4.92. The number of nitrogens with one attached hydrogen (secondary N) is 3. The van der Waals surface area contributed by atoms with Crippen LogP contribution in [0.2, 0.25) is 0 Å². The molecule has 2 aromatic rings. The monoisotopic (exact) mass is 489 g/mol. The summed E-state index contributed by atoms with van der Waals surface area (Å²) in [4.78, 5) is 50.0.